The lowest BCUT2D eigenvalue weighted by atomic mass is 10.0. The number of carboxylic acid groups (broad SMARTS) is 1. The average Bonchev–Trinajstić information content (AvgIpc) is 2.90. The lowest BCUT2D eigenvalue weighted by Gasteiger charge is -2.30. The lowest BCUT2D eigenvalue weighted by molar-refractivity contribution is -0.192. The second kappa shape index (κ2) is 13.5. The van der Waals surface area contributed by atoms with Gasteiger partial charge in [0.2, 0.25) is 0 Å². The van der Waals surface area contributed by atoms with Gasteiger partial charge in [0.1, 0.15) is 5.75 Å². The Bertz CT molecular complexity index is 1280. The number of amides is 1. The lowest BCUT2D eigenvalue weighted by Crippen LogP contribution is -2.35. The van der Waals surface area contributed by atoms with E-state index in [0.717, 1.165) is 60.6 Å². The molecule has 1 heterocycles. The molecule has 39 heavy (non-hydrogen) atoms. The van der Waals surface area contributed by atoms with Gasteiger partial charge >= 0.3 is 12.1 Å². The Labute approximate surface area is 228 Å². The van der Waals surface area contributed by atoms with Crippen molar-refractivity contribution in [1.29, 1.82) is 0 Å². The topological polar surface area (TPSA) is 99.1 Å². The maximum absolute atomic E-state index is 12.4. The number of piperidine rings is 1. The second-order valence-electron chi connectivity index (χ2n) is 8.88. The SMILES string of the molecule is COc1ccc(-c2ccc(NC(=O)c3cccc(Cl)c3)cc2)cc1CN1CCC(O)CC1.O=C(O)C(F)(F)F. The van der Waals surface area contributed by atoms with Crippen molar-refractivity contribution in [2.45, 2.75) is 31.7 Å². The van der Waals surface area contributed by atoms with Crippen molar-refractivity contribution in [2.24, 2.45) is 0 Å². The van der Waals surface area contributed by atoms with Gasteiger partial charge in [0, 0.05) is 41.5 Å². The molecule has 0 unspecified atom stereocenters. The van der Waals surface area contributed by atoms with Gasteiger partial charge in [-0.05, 0) is 66.4 Å². The molecular weight excluding hydrogens is 537 g/mol. The Hall–Kier alpha value is -3.60. The Morgan fingerprint density at radius 2 is 1.64 bits per heavy atom. The summed E-state index contributed by atoms with van der Waals surface area (Å²) in [4.78, 5) is 23.7. The van der Waals surface area contributed by atoms with Crippen LogP contribution >= 0.6 is 11.6 Å². The number of benzene rings is 3. The number of carbonyl (C=O) groups excluding carboxylic acids is 1. The molecule has 11 heteroatoms. The number of halogens is 4. The molecule has 0 radical (unpaired) electrons. The third-order valence-electron chi connectivity index (χ3n) is 6.04. The number of carbonyl (C=O) groups is 2. The first kappa shape index (κ1) is 29.9. The number of nitrogens with zero attached hydrogens (tertiary/aromatic N) is 1. The largest absolute Gasteiger partial charge is 0.496 e. The van der Waals surface area contributed by atoms with Crippen LogP contribution in [0, 0.1) is 0 Å². The highest BCUT2D eigenvalue weighted by Crippen LogP contribution is 2.29. The minimum atomic E-state index is -5.08. The summed E-state index contributed by atoms with van der Waals surface area (Å²) in [6.45, 7) is 2.56. The van der Waals surface area contributed by atoms with Crippen LogP contribution in [0.5, 0.6) is 5.75 Å². The number of ether oxygens (including phenoxy) is 1. The third kappa shape index (κ3) is 8.98. The van der Waals surface area contributed by atoms with E-state index in [2.05, 4.69) is 16.3 Å². The number of hydrogen-bond acceptors (Lipinski definition) is 5. The van der Waals surface area contributed by atoms with E-state index >= 15 is 0 Å². The summed E-state index contributed by atoms with van der Waals surface area (Å²) >= 11 is 5.98. The number of anilines is 1. The minimum absolute atomic E-state index is 0.183. The van der Waals surface area contributed by atoms with Crippen molar-refractivity contribution in [1.82, 2.24) is 4.90 Å². The molecular formula is C28H28ClF3N2O5. The van der Waals surface area contributed by atoms with E-state index in [4.69, 9.17) is 26.2 Å². The van der Waals surface area contributed by atoms with Gasteiger partial charge in [0.15, 0.2) is 0 Å². The van der Waals surface area contributed by atoms with Crippen molar-refractivity contribution >= 4 is 29.2 Å². The van der Waals surface area contributed by atoms with Gasteiger partial charge in [-0.15, -0.1) is 0 Å². The van der Waals surface area contributed by atoms with Crippen molar-refractivity contribution in [2.75, 3.05) is 25.5 Å². The van der Waals surface area contributed by atoms with E-state index in [0.29, 0.717) is 10.6 Å². The Morgan fingerprint density at radius 1 is 1.03 bits per heavy atom. The summed E-state index contributed by atoms with van der Waals surface area (Å²) < 4.78 is 37.3. The number of nitrogens with one attached hydrogen (secondary N) is 1. The molecule has 0 bridgehead atoms. The molecule has 4 rings (SSSR count). The van der Waals surface area contributed by atoms with Gasteiger partial charge in [-0.1, -0.05) is 35.9 Å². The van der Waals surface area contributed by atoms with Crippen molar-refractivity contribution in [3.8, 4) is 16.9 Å². The molecule has 1 fully saturated rings. The van der Waals surface area contributed by atoms with Gasteiger partial charge < -0.3 is 20.3 Å². The smallest absolute Gasteiger partial charge is 0.490 e. The van der Waals surface area contributed by atoms with Crippen LogP contribution in [-0.4, -0.2) is 59.5 Å². The predicted octanol–water partition coefficient (Wildman–Crippen LogP) is 5.86. The Morgan fingerprint density at radius 3 is 2.21 bits per heavy atom. The molecule has 1 amide bonds. The van der Waals surface area contributed by atoms with Gasteiger partial charge in [-0.3, -0.25) is 9.69 Å². The summed E-state index contributed by atoms with van der Waals surface area (Å²) in [6, 6.07) is 20.9. The molecule has 1 aliphatic heterocycles. The van der Waals surface area contributed by atoms with Crippen LogP contribution in [0.3, 0.4) is 0 Å². The maximum Gasteiger partial charge on any atom is 0.490 e. The first-order valence-electron chi connectivity index (χ1n) is 12.0. The summed E-state index contributed by atoms with van der Waals surface area (Å²) in [6.07, 6.45) is -3.65. The van der Waals surface area contributed by atoms with Crippen LogP contribution in [0.15, 0.2) is 66.7 Å². The fraction of sp³-hybridized carbons (Fsp3) is 0.286. The number of alkyl halides is 3. The molecule has 7 nitrogen and oxygen atoms in total. The van der Waals surface area contributed by atoms with Gasteiger partial charge in [-0.2, -0.15) is 13.2 Å². The number of hydrogen-bond donors (Lipinski definition) is 3. The van der Waals surface area contributed by atoms with Gasteiger partial charge in [0.05, 0.1) is 13.2 Å². The van der Waals surface area contributed by atoms with Crippen molar-refractivity contribution in [3.05, 3.63) is 82.9 Å². The predicted molar refractivity (Wildman–Crippen MR) is 142 cm³/mol. The fourth-order valence-electron chi connectivity index (χ4n) is 3.98. The van der Waals surface area contributed by atoms with E-state index < -0.39 is 12.1 Å². The summed E-state index contributed by atoms with van der Waals surface area (Å²) in [5.41, 5.74) is 4.51. The minimum Gasteiger partial charge on any atom is -0.496 e. The molecule has 0 aromatic heterocycles. The van der Waals surface area contributed by atoms with E-state index in [1.54, 1.807) is 31.4 Å². The number of aliphatic hydroxyl groups is 1. The molecule has 1 saturated heterocycles. The molecule has 0 aliphatic carbocycles. The molecule has 1 aliphatic rings. The second-order valence-corrected chi connectivity index (χ2v) is 9.32. The number of carboxylic acids is 1. The third-order valence-corrected chi connectivity index (χ3v) is 6.27. The first-order valence-corrected chi connectivity index (χ1v) is 12.4. The standard InChI is InChI=1S/C26H27ClN2O3.C2HF3O2/c1-32-25-10-7-19(15-21(25)17-29-13-11-24(30)12-14-29)18-5-8-23(9-6-18)28-26(31)20-3-2-4-22(27)16-20;3-2(4,5)1(6)7/h2-10,15-16,24,30H,11-14,17H2,1H3,(H,28,31);(H,6,7). The fourth-order valence-corrected chi connectivity index (χ4v) is 4.17. The Balaban J connectivity index is 0.000000532. The molecule has 0 spiro atoms. The maximum atomic E-state index is 12.4. The zero-order chi connectivity index (χ0) is 28.6. The van der Waals surface area contributed by atoms with E-state index in [1.165, 1.54) is 0 Å². The van der Waals surface area contributed by atoms with Crippen molar-refractivity contribution < 1.29 is 37.7 Å². The molecule has 3 N–H and O–H groups in total. The van der Waals surface area contributed by atoms with Crippen LogP contribution < -0.4 is 10.1 Å². The van der Waals surface area contributed by atoms with Crippen LogP contribution in [0.4, 0.5) is 18.9 Å². The number of aliphatic carboxylic acids is 1. The van der Waals surface area contributed by atoms with Crippen LogP contribution in [0.2, 0.25) is 5.02 Å². The highest BCUT2D eigenvalue weighted by molar-refractivity contribution is 6.31. The molecule has 3 aromatic carbocycles. The van der Waals surface area contributed by atoms with Gasteiger partial charge in [-0.25, -0.2) is 4.79 Å². The molecule has 0 atom stereocenters. The van der Waals surface area contributed by atoms with Crippen LogP contribution in [0.25, 0.3) is 11.1 Å². The quantitative estimate of drug-likeness (QED) is 0.347. The summed E-state index contributed by atoms with van der Waals surface area (Å²) in [5, 5.41) is 20.3. The highest BCUT2D eigenvalue weighted by atomic mass is 35.5. The van der Waals surface area contributed by atoms with Gasteiger partial charge in [0.25, 0.3) is 5.91 Å². The zero-order valence-corrected chi connectivity index (χ0v) is 21.8. The van der Waals surface area contributed by atoms with E-state index in [1.807, 2.05) is 36.4 Å². The zero-order valence-electron chi connectivity index (χ0n) is 21.0. The summed E-state index contributed by atoms with van der Waals surface area (Å²) in [7, 11) is 1.69. The van der Waals surface area contributed by atoms with Crippen LogP contribution in [0.1, 0.15) is 28.8 Å². The number of methoxy groups -OCH3 is 1. The normalized spacial score (nSPS) is 14.2. The molecule has 0 saturated carbocycles. The summed E-state index contributed by atoms with van der Waals surface area (Å²) in [5.74, 6) is -2.09. The monoisotopic (exact) mass is 564 g/mol. The van der Waals surface area contributed by atoms with E-state index in [9.17, 15) is 23.1 Å². The van der Waals surface area contributed by atoms with Crippen LogP contribution in [-0.2, 0) is 11.3 Å². The molecule has 208 valence electrons. The Kier molecular flexibility index (Phi) is 10.3. The first-order chi connectivity index (χ1) is 18.5. The number of rotatable bonds is 6. The molecule has 3 aromatic rings. The highest BCUT2D eigenvalue weighted by Gasteiger charge is 2.38. The number of aliphatic hydroxyl groups excluding tert-OH is 1. The van der Waals surface area contributed by atoms with E-state index in [-0.39, 0.29) is 12.0 Å². The average molecular weight is 565 g/mol. The van der Waals surface area contributed by atoms with Crippen molar-refractivity contribution in [3.63, 3.8) is 0 Å². The number of likely N-dealkylation sites (tertiary alicyclic amines) is 1.